The zero-order valence-corrected chi connectivity index (χ0v) is 9.11. The molecule has 1 heterocycles. The zero-order chi connectivity index (χ0) is 11.4. The van der Waals surface area contributed by atoms with E-state index >= 15 is 0 Å². The molecule has 1 fully saturated rings. The molecule has 1 unspecified atom stereocenters. The average molecular weight is 220 g/mol. The van der Waals surface area contributed by atoms with E-state index in [-0.39, 0.29) is 11.9 Å². The monoisotopic (exact) mass is 220 g/mol. The van der Waals surface area contributed by atoms with Gasteiger partial charge in [0, 0.05) is 13.0 Å². The molecule has 1 aromatic carbocycles. The van der Waals surface area contributed by atoms with Crippen molar-refractivity contribution in [3.63, 3.8) is 0 Å². The van der Waals surface area contributed by atoms with Crippen LogP contribution in [-0.4, -0.2) is 18.6 Å². The average Bonchev–Trinajstić information content (AvgIpc) is 2.73. The number of nitrogens with one attached hydrogen (secondary N) is 1. The maximum Gasteiger partial charge on any atom is 0.220 e. The van der Waals surface area contributed by atoms with E-state index in [1.165, 1.54) is 0 Å². The Morgan fingerprint density at radius 3 is 2.69 bits per heavy atom. The van der Waals surface area contributed by atoms with Gasteiger partial charge in [0.15, 0.2) is 0 Å². The van der Waals surface area contributed by atoms with Crippen LogP contribution in [0, 0.1) is 0 Å². The molecular weight excluding hydrogens is 204 g/mol. The number of amides is 1. The van der Waals surface area contributed by atoms with Crippen molar-refractivity contribution in [2.45, 2.75) is 25.4 Å². The molecule has 16 heavy (non-hydrogen) atoms. The lowest BCUT2D eigenvalue weighted by molar-refractivity contribution is -0.119. The molecule has 2 rings (SSSR count). The van der Waals surface area contributed by atoms with E-state index in [1.807, 2.05) is 24.3 Å². The summed E-state index contributed by atoms with van der Waals surface area (Å²) in [5.41, 5.74) is 6.59. The third-order valence-electron chi connectivity index (χ3n) is 2.70. The number of carbonyl (C=O) groups excluding carboxylic acids is 1. The smallest absolute Gasteiger partial charge is 0.220 e. The van der Waals surface area contributed by atoms with Gasteiger partial charge in [-0.15, -0.1) is 0 Å². The van der Waals surface area contributed by atoms with E-state index in [0.29, 0.717) is 19.6 Å². The number of hydrogen-bond donors (Lipinski definition) is 2. The highest BCUT2D eigenvalue weighted by Crippen LogP contribution is 2.14. The van der Waals surface area contributed by atoms with Gasteiger partial charge in [-0.1, -0.05) is 12.1 Å². The number of nitrogens with two attached hydrogens (primary N) is 1. The highest BCUT2D eigenvalue weighted by molar-refractivity contribution is 5.78. The van der Waals surface area contributed by atoms with Gasteiger partial charge in [-0.25, -0.2) is 0 Å². The SMILES string of the molecule is NCc1ccc(OCC2CCC(=O)N2)cc1. The number of hydrogen-bond acceptors (Lipinski definition) is 3. The molecular formula is C12H16N2O2. The Hall–Kier alpha value is -1.55. The fraction of sp³-hybridized carbons (Fsp3) is 0.417. The maximum atomic E-state index is 11.0. The number of carbonyl (C=O) groups is 1. The van der Waals surface area contributed by atoms with Crippen LogP contribution in [0.15, 0.2) is 24.3 Å². The Labute approximate surface area is 94.8 Å². The summed E-state index contributed by atoms with van der Waals surface area (Å²) in [5.74, 6) is 0.936. The topological polar surface area (TPSA) is 64.3 Å². The highest BCUT2D eigenvalue weighted by Gasteiger charge is 2.20. The van der Waals surface area contributed by atoms with Gasteiger partial charge in [0.05, 0.1) is 6.04 Å². The molecule has 1 aliphatic heterocycles. The zero-order valence-electron chi connectivity index (χ0n) is 9.11. The Balaban J connectivity index is 1.82. The van der Waals surface area contributed by atoms with Gasteiger partial charge in [-0.3, -0.25) is 4.79 Å². The van der Waals surface area contributed by atoms with Crippen LogP contribution in [-0.2, 0) is 11.3 Å². The van der Waals surface area contributed by atoms with Crippen molar-refractivity contribution in [3.8, 4) is 5.75 Å². The molecule has 4 nitrogen and oxygen atoms in total. The van der Waals surface area contributed by atoms with Crippen molar-refractivity contribution in [2.75, 3.05) is 6.61 Å². The van der Waals surface area contributed by atoms with Gasteiger partial charge >= 0.3 is 0 Å². The van der Waals surface area contributed by atoms with Gasteiger partial charge < -0.3 is 15.8 Å². The molecule has 86 valence electrons. The Morgan fingerprint density at radius 1 is 1.38 bits per heavy atom. The molecule has 0 radical (unpaired) electrons. The molecule has 0 bridgehead atoms. The summed E-state index contributed by atoms with van der Waals surface area (Å²) in [5, 5.41) is 2.86. The molecule has 3 N–H and O–H groups in total. The first-order valence-electron chi connectivity index (χ1n) is 5.49. The molecule has 1 aliphatic rings. The summed E-state index contributed by atoms with van der Waals surface area (Å²) in [6.07, 6.45) is 1.47. The maximum absolute atomic E-state index is 11.0. The second kappa shape index (κ2) is 4.99. The van der Waals surface area contributed by atoms with Crippen LogP contribution in [0.2, 0.25) is 0 Å². The van der Waals surface area contributed by atoms with Crippen LogP contribution in [0.1, 0.15) is 18.4 Å². The van der Waals surface area contributed by atoms with Crippen LogP contribution in [0.4, 0.5) is 0 Å². The standard InChI is InChI=1S/C12H16N2O2/c13-7-9-1-4-11(5-2-9)16-8-10-3-6-12(15)14-10/h1-2,4-5,10H,3,6-8,13H2,(H,14,15). The second-order valence-electron chi connectivity index (χ2n) is 3.96. The lowest BCUT2D eigenvalue weighted by Gasteiger charge is -2.12. The fourth-order valence-electron chi connectivity index (χ4n) is 1.72. The van der Waals surface area contributed by atoms with Crippen LogP contribution < -0.4 is 15.8 Å². The molecule has 0 saturated carbocycles. The van der Waals surface area contributed by atoms with Crippen molar-refractivity contribution in [3.05, 3.63) is 29.8 Å². The number of rotatable bonds is 4. The fourth-order valence-corrected chi connectivity index (χ4v) is 1.72. The van der Waals surface area contributed by atoms with Crippen molar-refractivity contribution in [1.82, 2.24) is 5.32 Å². The van der Waals surface area contributed by atoms with E-state index in [2.05, 4.69) is 5.32 Å². The first-order valence-corrected chi connectivity index (χ1v) is 5.49. The first-order chi connectivity index (χ1) is 7.78. The lowest BCUT2D eigenvalue weighted by Crippen LogP contribution is -2.30. The molecule has 1 saturated heterocycles. The van der Waals surface area contributed by atoms with Crippen molar-refractivity contribution >= 4 is 5.91 Å². The predicted molar refractivity (Wildman–Crippen MR) is 61.0 cm³/mol. The van der Waals surface area contributed by atoms with Crippen LogP contribution in [0.3, 0.4) is 0 Å². The minimum atomic E-state index is 0.118. The van der Waals surface area contributed by atoms with Crippen LogP contribution >= 0.6 is 0 Å². The van der Waals surface area contributed by atoms with Gasteiger partial charge in [-0.05, 0) is 24.1 Å². The van der Waals surface area contributed by atoms with Gasteiger partial charge in [0.2, 0.25) is 5.91 Å². The molecule has 0 aromatic heterocycles. The normalized spacial score (nSPS) is 19.6. The van der Waals surface area contributed by atoms with E-state index in [1.54, 1.807) is 0 Å². The third kappa shape index (κ3) is 2.73. The quantitative estimate of drug-likeness (QED) is 0.789. The van der Waals surface area contributed by atoms with E-state index in [9.17, 15) is 4.79 Å². The summed E-state index contributed by atoms with van der Waals surface area (Å²) < 4.78 is 5.58. The van der Waals surface area contributed by atoms with Gasteiger partial charge in [0.25, 0.3) is 0 Å². The van der Waals surface area contributed by atoms with E-state index in [0.717, 1.165) is 17.7 Å². The van der Waals surface area contributed by atoms with Crippen molar-refractivity contribution in [2.24, 2.45) is 5.73 Å². The van der Waals surface area contributed by atoms with Gasteiger partial charge in [-0.2, -0.15) is 0 Å². The minimum absolute atomic E-state index is 0.118. The Morgan fingerprint density at radius 2 is 2.12 bits per heavy atom. The van der Waals surface area contributed by atoms with E-state index in [4.69, 9.17) is 10.5 Å². The number of benzene rings is 1. The van der Waals surface area contributed by atoms with Crippen molar-refractivity contribution < 1.29 is 9.53 Å². The minimum Gasteiger partial charge on any atom is -0.491 e. The molecule has 4 heteroatoms. The largest absolute Gasteiger partial charge is 0.491 e. The third-order valence-corrected chi connectivity index (χ3v) is 2.70. The first kappa shape index (κ1) is 11.0. The molecule has 1 atom stereocenters. The molecule has 0 aliphatic carbocycles. The second-order valence-corrected chi connectivity index (χ2v) is 3.96. The predicted octanol–water partition coefficient (Wildman–Crippen LogP) is 0.803. The number of ether oxygens (including phenoxy) is 1. The molecule has 1 amide bonds. The van der Waals surface area contributed by atoms with Crippen LogP contribution in [0.25, 0.3) is 0 Å². The summed E-state index contributed by atoms with van der Waals surface area (Å²) in [6, 6.07) is 7.85. The lowest BCUT2D eigenvalue weighted by atomic mass is 10.2. The Bertz CT molecular complexity index is 362. The summed E-state index contributed by atoms with van der Waals surface area (Å²) in [4.78, 5) is 11.0. The summed E-state index contributed by atoms with van der Waals surface area (Å²) in [6.45, 7) is 1.08. The summed E-state index contributed by atoms with van der Waals surface area (Å²) in [7, 11) is 0. The Kier molecular flexibility index (Phi) is 3.41. The van der Waals surface area contributed by atoms with Crippen LogP contribution in [0.5, 0.6) is 5.75 Å². The van der Waals surface area contributed by atoms with Crippen molar-refractivity contribution in [1.29, 1.82) is 0 Å². The molecule has 0 spiro atoms. The van der Waals surface area contributed by atoms with Gasteiger partial charge in [0.1, 0.15) is 12.4 Å². The van der Waals surface area contributed by atoms with E-state index < -0.39 is 0 Å². The highest BCUT2D eigenvalue weighted by atomic mass is 16.5. The molecule has 1 aromatic rings. The summed E-state index contributed by atoms with van der Waals surface area (Å²) >= 11 is 0.